The third kappa shape index (κ3) is 1.91. The van der Waals surface area contributed by atoms with Gasteiger partial charge in [-0.3, -0.25) is 0 Å². The second-order valence-electron chi connectivity index (χ2n) is 1.78. The Morgan fingerprint density at radius 3 is 3.09 bits per heavy atom. The number of hydrazone groups is 1. The van der Waals surface area contributed by atoms with Gasteiger partial charge >= 0.3 is 0 Å². The maximum Gasteiger partial charge on any atom is 0.209 e. The van der Waals surface area contributed by atoms with Crippen molar-refractivity contribution < 1.29 is 0 Å². The third-order valence-corrected chi connectivity index (χ3v) is 1.74. The quantitative estimate of drug-likeness (QED) is 0.369. The molecule has 0 radical (unpaired) electrons. The highest BCUT2D eigenvalue weighted by Crippen LogP contribution is 2.26. The molecule has 0 fully saturated rings. The van der Waals surface area contributed by atoms with Crippen LogP contribution in [0.4, 0.5) is 0 Å². The number of amidine groups is 1. The van der Waals surface area contributed by atoms with Crippen LogP contribution in [0, 0.1) is 0 Å². The summed E-state index contributed by atoms with van der Waals surface area (Å²) in [6.07, 6.45) is 5.68. The van der Waals surface area contributed by atoms with Gasteiger partial charge in [-0.1, -0.05) is 12.2 Å². The summed E-state index contributed by atoms with van der Waals surface area (Å²) in [5.41, 5.74) is 0. The third-order valence-electron chi connectivity index (χ3n) is 1.06. The van der Waals surface area contributed by atoms with Gasteiger partial charge < -0.3 is 5.84 Å². The van der Waals surface area contributed by atoms with Crippen LogP contribution >= 0.6 is 11.9 Å². The Balaban J connectivity index is 2.76. The summed E-state index contributed by atoms with van der Waals surface area (Å²) in [5.74, 6) is 5.55. The van der Waals surface area contributed by atoms with E-state index in [2.05, 4.69) is 14.7 Å². The molecule has 0 atom stereocenters. The van der Waals surface area contributed by atoms with E-state index in [0.29, 0.717) is 5.84 Å². The molecular weight excluding hydrogens is 160 g/mol. The maximum atomic E-state index is 5.05. The lowest BCUT2D eigenvalue weighted by Gasteiger charge is -1.87. The summed E-state index contributed by atoms with van der Waals surface area (Å²) >= 11 is 1.27. The molecule has 0 aliphatic carbocycles. The molecule has 11 heavy (non-hydrogen) atoms. The highest BCUT2D eigenvalue weighted by molar-refractivity contribution is 8.03. The van der Waals surface area contributed by atoms with E-state index in [-0.39, 0.29) is 0 Å². The summed E-state index contributed by atoms with van der Waals surface area (Å²) in [7, 11) is 0. The lowest BCUT2D eigenvalue weighted by molar-refractivity contribution is 1.22. The van der Waals surface area contributed by atoms with Gasteiger partial charge in [0, 0.05) is 11.9 Å². The smallest absolute Gasteiger partial charge is 0.209 e. The second-order valence-corrected chi connectivity index (χ2v) is 2.57. The van der Waals surface area contributed by atoms with Crippen LogP contribution in [-0.4, -0.2) is 5.84 Å². The molecule has 1 aliphatic rings. The van der Waals surface area contributed by atoms with Crippen LogP contribution in [0.2, 0.25) is 0 Å². The molecule has 4 nitrogen and oxygen atoms in total. The van der Waals surface area contributed by atoms with Crippen molar-refractivity contribution in [3.05, 3.63) is 23.1 Å². The summed E-state index contributed by atoms with van der Waals surface area (Å²) < 4.78 is 3.70. The number of rotatable bonds is 1. The lowest BCUT2D eigenvalue weighted by atomic mass is 10.4. The number of nitrogens with zero attached hydrogens (tertiary/aromatic N) is 3. The van der Waals surface area contributed by atoms with Crippen LogP contribution in [0.15, 0.2) is 37.9 Å². The molecule has 2 N–H and O–H groups in total. The van der Waals surface area contributed by atoms with Crippen molar-refractivity contribution in [2.24, 2.45) is 20.6 Å². The summed E-state index contributed by atoms with van der Waals surface area (Å²) in [5, 5.41) is 7.15. The second kappa shape index (κ2) is 3.92. The fraction of sp³-hybridized carbons (Fsp3) is 0.167. The monoisotopic (exact) mass is 168 g/mol. The van der Waals surface area contributed by atoms with Gasteiger partial charge in [0.25, 0.3) is 0 Å². The zero-order valence-corrected chi connectivity index (χ0v) is 6.88. The average molecular weight is 168 g/mol. The Morgan fingerprint density at radius 2 is 2.45 bits per heavy atom. The number of nitrogens with two attached hydrogens (primary N) is 1. The van der Waals surface area contributed by atoms with E-state index in [9.17, 15) is 0 Å². The van der Waals surface area contributed by atoms with Gasteiger partial charge in [0.2, 0.25) is 5.84 Å². The first kappa shape index (κ1) is 8.00. The van der Waals surface area contributed by atoms with Crippen LogP contribution in [0.5, 0.6) is 0 Å². The molecule has 58 valence electrons. The van der Waals surface area contributed by atoms with Crippen molar-refractivity contribution in [2.75, 3.05) is 0 Å². The van der Waals surface area contributed by atoms with E-state index in [0.717, 1.165) is 4.91 Å². The zero-order chi connectivity index (χ0) is 8.10. The van der Waals surface area contributed by atoms with Crippen LogP contribution in [0.3, 0.4) is 0 Å². The average Bonchev–Trinajstić information content (AvgIpc) is 2.47. The Bertz CT molecular complexity index is 251. The van der Waals surface area contributed by atoms with Gasteiger partial charge in [-0.05, 0) is 13.0 Å². The van der Waals surface area contributed by atoms with Crippen LogP contribution < -0.4 is 5.84 Å². The van der Waals surface area contributed by atoms with Gasteiger partial charge in [-0.15, -0.1) is 9.63 Å². The van der Waals surface area contributed by atoms with Crippen molar-refractivity contribution in [3.8, 4) is 0 Å². The fourth-order valence-electron chi connectivity index (χ4n) is 0.571. The molecule has 1 rings (SSSR count). The summed E-state index contributed by atoms with van der Waals surface area (Å²) in [4.78, 5) is 0.880. The van der Waals surface area contributed by atoms with E-state index in [1.165, 1.54) is 11.9 Å². The van der Waals surface area contributed by atoms with Gasteiger partial charge in [0.15, 0.2) is 0 Å². The van der Waals surface area contributed by atoms with E-state index >= 15 is 0 Å². The van der Waals surface area contributed by atoms with Gasteiger partial charge in [0.05, 0.1) is 4.91 Å². The molecule has 0 aromatic rings. The topological polar surface area (TPSA) is 63.1 Å². The first-order chi connectivity index (χ1) is 5.38. The predicted octanol–water partition coefficient (Wildman–Crippen LogP) is 1.83. The molecule has 0 saturated carbocycles. The number of hydrogen-bond acceptors (Lipinski definition) is 4. The Morgan fingerprint density at radius 1 is 1.64 bits per heavy atom. The van der Waals surface area contributed by atoms with Crippen molar-refractivity contribution in [1.82, 2.24) is 0 Å². The molecule has 5 heteroatoms. The van der Waals surface area contributed by atoms with Crippen LogP contribution in [0.1, 0.15) is 6.92 Å². The number of allylic oxidation sites excluding steroid dienone is 3. The highest BCUT2D eigenvalue weighted by Gasteiger charge is 2.11. The molecule has 0 bridgehead atoms. The lowest BCUT2D eigenvalue weighted by Crippen LogP contribution is -1.94. The van der Waals surface area contributed by atoms with Crippen molar-refractivity contribution in [1.29, 1.82) is 0 Å². The normalized spacial score (nSPS) is 24.5. The molecule has 0 aromatic heterocycles. The van der Waals surface area contributed by atoms with Crippen LogP contribution in [-0.2, 0) is 0 Å². The largest absolute Gasteiger partial charge is 0.321 e. The zero-order valence-electron chi connectivity index (χ0n) is 6.06. The fourth-order valence-corrected chi connectivity index (χ4v) is 1.09. The minimum absolute atomic E-state index is 0.494. The van der Waals surface area contributed by atoms with Crippen molar-refractivity contribution in [3.63, 3.8) is 0 Å². The molecule has 0 spiro atoms. The standard InChI is InChI=1S/C6H8N4S/c1-2-3-4-5-6(8-7)9-10-11-5/h2-4H,7H2,1H3/b3-2-,5-4+,8-6+. The number of hydrogen-bond donors (Lipinski definition) is 1. The molecule has 1 aliphatic heterocycles. The van der Waals surface area contributed by atoms with E-state index in [4.69, 9.17) is 5.84 Å². The first-order valence-corrected chi connectivity index (χ1v) is 3.85. The van der Waals surface area contributed by atoms with Crippen LogP contribution in [0.25, 0.3) is 0 Å². The minimum Gasteiger partial charge on any atom is -0.321 e. The molecule has 0 amide bonds. The van der Waals surface area contributed by atoms with E-state index in [1.54, 1.807) is 0 Å². The predicted molar refractivity (Wildman–Crippen MR) is 47.0 cm³/mol. The molecule has 0 saturated heterocycles. The Labute approximate surface area is 69.1 Å². The van der Waals surface area contributed by atoms with Gasteiger partial charge in [-0.2, -0.15) is 5.10 Å². The van der Waals surface area contributed by atoms with Gasteiger partial charge in [-0.25, -0.2) is 0 Å². The van der Waals surface area contributed by atoms with Crippen molar-refractivity contribution >= 4 is 17.8 Å². The van der Waals surface area contributed by atoms with Crippen molar-refractivity contribution in [2.45, 2.75) is 6.92 Å². The molecular formula is C6H8N4S. The molecule has 1 heterocycles. The van der Waals surface area contributed by atoms with Gasteiger partial charge in [0.1, 0.15) is 0 Å². The Hall–Kier alpha value is -1.10. The van der Waals surface area contributed by atoms with E-state index in [1.807, 2.05) is 25.2 Å². The summed E-state index contributed by atoms with van der Waals surface area (Å²) in [6.45, 7) is 1.93. The maximum absolute atomic E-state index is 5.05. The minimum atomic E-state index is 0.494. The SMILES string of the molecule is C\C=C/C=C1/SN=N/C1=N/N. The first-order valence-electron chi connectivity index (χ1n) is 3.07. The molecule has 0 unspecified atom stereocenters. The summed E-state index contributed by atoms with van der Waals surface area (Å²) in [6, 6.07) is 0. The Kier molecular flexibility index (Phi) is 2.85. The molecule has 0 aromatic carbocycles. The van der Waals surface area contributed by atoms with E-state index < -0.39 is 0 Å². The highest BCUT2D eigenvalue weighted by atomic mass is 32.2.